The Bertz CT molecular complexity index is 664. The molecule has 2 heterocycles. The molecule has 0 spiro atoms. The largest absolute Gasteiger partial charge is 0.396 e. The van der Waals surface area contributed by atoms with E-state index in [9.17, 15) is 0 Å². The molecule has 0 aliphatic carbocycles. The van der Waals surface area contributed by atoms with E-state index in [0.717, 1.165) is 39.2 Å². The maximum absolute atomic E-state index is 6.14. The van der Waals surface area contributed by atoms with Gasteiger partial charge in [0.2, 0.25) is 5.95 Å². The zero-order valence-corrected chi connectivity index (χ0v) is 13.5. The zero-order chi connectivity index (χ0) is 13.7. The molecule has 0 saturated heterocycles. The predicted octanol–water partition coefficient (Wildman–Crippen LogP) is 2.56. The van der Waals surface area contributed by atoms with Crippen LogP contribution in [0, 0.1) is 0 Å². The maximum atomic E-state index is 6.14. The van der Waals surface area contributed by atoms with Crippen LogP contribution in [0.25, 0.3) is 11.0 Å². The molecule has 7 heteroatoms. The van der Waals surface area contributed by atoms with Crippen LogP contribution in [0.3, 0.4) is 0 Å². The number of rotatable bonds is 2. The Labute approximate surface area is 127 Å². The molecule has 0 amide bonds. The molecular formula is C12H15Br2N5. The smallest absolute Gasteiger partial charge is 0.201 e. The fourth-order valence-electron chi connectivity index (χ4n) is 2.89. The topological polar surface area (TPSA) is 95.9 Å². The van der Waals surface area contributed by atoms with Crippen LogP contribution in [0.1, 0.15) is 24.4 Å². The summed E-state index contributed by atoms with van der Waals surface area (Å²) in [5.74, 6) is 0.520. The van der Waals surface area contributed by atoms with Crippen LogP contribution in [0.15, 0.2) is 8.95 Å². The molecular weight excluding hydrogens is 374 g/mol. The fourth-order valence-corrected chi connectivity index (χ4v) is 3.92. The Morgan fingerprint density at radius 1 is 1.26 bits per heavy atom. The van der Waals surface area contributed by atoms with Gasteiger partial charge in [-0.2, -0.15) is 0 Å². The van der Waals surface area contributed by atoms with Gasteiger partial charge in [-0.15, -0.1) is 0 Å². The Morgan fingerprint density at radius 2 is 2.00 bits per heavy atom. The first-order valence-corrected chi connectivity index (χ1v) is 7.77. The summed E-state index contributed by atoms with van der Waals surface area (Å²) in [6.45, 7) is 0.645. The minimum atomic E-state index is 0.315. The van der Waals surface area contributed by atoms with Crippen molar-refractivity contribution in [2.75, 3.05) is 18.0 Å². The summed E-state index contributed by atoms with van der Waals surface area (Å²) in [6.07, 6.45) is 2.91. The average Bonchev–Trinajstić information content (AvgIpc) is 2.74. The highest BCUT2D eigenvalue weighted by atomic mass is 79.9. The summed E-state index contributed by atoms with van der Waals surface area (Å²) in [7, 11) is 0. The molecule has 1 aromatic carbocycles. The van der Waals surface area contributed by atoms with Gasteiger partial charge < -0.3 is 21.8 Å². The lowest BCUT2D eigenvalue weighted by Gasteiger charge is -2.27. The van der Waals surface area contributed by atoms with Crippen molar-refractivity contribution in [1.29, 1.82) is 0 Å². The Hall–Kier alpha value is -0.790. The molecule has 6 N–H and O–H groups in total. The molecule has 5 nitrogen and oxygen atoms in total. The van der Waals surface area contributed by atoms with Crippen molar-refractivity contribution in [1.82, 2.24) is 9.55 Å². The number of nitrogens with zero attached hydrogens (tertiary/aromatic N) is 2. The van der Waals surface area contributed by atoms with Gasteiger partial charge in [0.05, 0.1) is 15.7 Å². The molecule has 1 atom stereocenters. The second-order valence-corrected chi connectivity index (χ2v) is 6.41. The summed E-state index contributed by atoms with van der Waals surface area (Å²) >= 11 is 7.13. The normalized spacial score (nSPS) is 18.2. The molecule has 0 fully saturated rings. The van der Waals surface area contributed by atoms with Crippen molar-refractivity contribution in [2.24, 2.45) is 5.73 Å². The highest BCUT2D eigenvalue weighted by molar-refractivity contribution is 9.13. The van der Waals surface area contributed by atoms with Crippen molar-refractivity contribution < 1.29 is 0 Å². The van der Waals surface area contributed by atoms with E-state index in [1.165, 1.54) is 5.56 Å². The highest BCUT2D eigenvalue weighted by Crippen LogP contribution is 2.45. The highest BCUT2D eigenvalue weighted by Gasteiger charge is 2.28. The van der Waals surface area contributed by atoms with Crippen LogP contribution in [0.4, 0.5) is 11.6 Å². The monoisotopic (exact) mass is 387 g/mol. The van der Waals surface area contributed by atoms with Crippen LogP contribution in [-0.2, 0) is 6.42 Å². The third-order valence-corrected chi connectivity index (χ3v) is 6.00. The molecule has 1 aromatic heterocycles. The maximum Gasteiger partial charge on any atom is 0.201 e. The van der Waals surface area contributed by atoms with E-state index in [0.29, 0.717) is 24.2 Å². The second-order valence-electron chi connectivity index (χ2n) is 4.83. The van der Waals surface area contributed by atoms with Crippen LogP contribution in [-0.4, -0.2) is 16.1 Å². The van der Waals surface area contributed by atoms with Gasteiger partial charge in [-0.1, -0.05) is 0 Å². The van der Waals surface area contributed by atoms with Crippen molar-refractivity contribution in [3.05, 3.63) is 14.5 Å². The van der Waals surface area contributed by atoms with Crippen molar-refractivity contribution >= 4 is 54.5 Å². The fraction of sp³-hybridized carbons (Fsp3) is 0.417. The van der Waals surface area contributed by atoms with Crippen molar-refractivity contribution in [2.45, 2.75) is 25.3 Å². The molecule has 1 unspecified atom stereocenters. The first-order chi connectivity index (χ1) is 9.06. The summed E-state index contributed by atoms with van der Waals surface area (Å²) < 4.78 is 3.95. The number of aromatic nitrogens is 2. The lowest BCUT2D eigenvalue weighted by Crippen LogP contribution is -2.20. The number of imidazole rings is 1. The standard InChI is InChI=1S/C12H15Br2N5/c13-7-6-2-1-5(3-4-15)19-11(6)10(18-12(19)17)9(16)8(7)14/h5H,1-4,15-16H2,(H2,17,18). The number of anilines is 2. The number of nitrogen functional groups attached to an aromatic ring is 2. The molecule has 0 saturated carbocycles. The van der Waals surface area contributed by atoms with E-state index in [-0.39, 0.29) is 0 Å². The van der Waals surface area contributed by atoms with Crippen molar-refractivity contribution in [3.8, 4) is 0 Å². The van der Waals surface area contributed by atoms with Gasteiger partial charge in [-0.3, -0.25) is 0 Å². The third-order valence-electron chi connectivity index (χ3n) is 3.77. The predicted molar refractivity (Wildman–Crippen MR) is 85.0 cm³/mol. The third kappa shape index (κ3) is 1.79. The number of hydrogen-bond donors (Lipinski definition) is 3. The zero-order valence-electron chi connectivity index (χ0n) is 10.3. The SMILES string of the molecule is NCCC1CCc2c(Br)c(Br)c(N)c3nc(N)n1c23. The molecule has 19 heavy (non-hydrogen) atoms. The van der Waals surface area contributed by atoms with E-state index in [4.69, 9.17) is 17.2 Å². The minimum Gasteiger partial charge on any atom is -0.396 e. The first kappa shape index (κ1) is 13.2. The van der Waals surface area contributed by atoms with E-state index >= 15 is 0 Å². The van der Waals surface area contributed by atoms with Crippen LogP contribution in [0.2, 0.25) is 0 Å². The molecule has 3 rings (SSSR count). The van der Waals surface area contributed by atoms with E-state index in [2.05, 4.69) is 41.4 Å². The Balaban J connectivity index is 2.37. The van der Waals surface area contributed by atoms with Crippen LogP contribution >= 0.6 is 31.9 Å². The van der Waals surface area contributed by atoms with E-state index in [1.807, 2.05) is 0 Å². The van der Waals surface area contributed by atoms with Crippen molar-refractivity contribution in [3.63, 3.8) is 0 Å². The van der Waals surface area contributed by atoms with Crippen LogP contribution < -0.4 is 17.2 Å². The lowest BCUT2D eigenvalue weighted by atomic mass is 9.96. The van der Waals surface area contributed by atoms with Gasteiger partial charge in [0.15, 0.2) is 0 Å². The number of nitrogens with two attached hydrogens (primary N) is 3. The first-order valence-electron chi connectivity index (χ1n) is 6.19. The molecule has 1 aliphatic rings. The quantitative estimate of drug-likeness (QED) is 0.688. The Morgan fingerprint density at radius 3 is 2.68 bits per heavy atom. The van der Waals surface area contributed by atoms with E-state index < -0.39 is 0 Å². The van der Waals surface area contributed by atoms with Crippen LogP contribution in [0.5, 0.6) is 0 Å². The van der Waals surface area contributed by atoms with Gasteiger partial charge in [-0.25, -0.2) is 4.98 Å². The molecule has 102 valence electrons. The minimum absolute atomic E-state index is 0.315. The molecule has 0 radical (unpaired) electrons. The average molecular weight is 389 g/mol. The molecule has 2 aromatic rings. The van der Waals surface area contributed by atoms with E-state index in [1.54, 1.807) is 0 Å². The summed E-state index contributed by atoms with van der Waals surface area (Å²) in [5, 5.41) is 0. The van der Waals surface area contributed by atoms with Gasteiger partial charge in [0, 0.05) is 10.5 Å². The summed E-state index contributed by atoms with van der Waals surface area (Å²) in [5.41, 5.74) is 21.6. The number of aryl methyl sites for hydroxylation is 1. The molecule has 0 bridgehead atoms. The van der Waals surface area contributed by atoms with Gasteiger partial charge in [0.25, 0.3) is 0 Å². The summed E-state index contributed by atoms with van der Waals surface area (Å²) in [6, 6.07) is 0.315. The number of hydrogen-bond acceptors (Lipinski definition) is 4. The van der Waals surface area contributed by atoms with Gasteiger partial charge in [0.1, 0.15) is 5.52 Å². The Kier molecular flexibility index (Phi) is 3.23. The molecule has 1 aliphatic heterocycles. The van der Waals surface area contributed by atoms with Gasteiger partial charge >= 0.3 is 0 Å². The lowest BCUT2D eigenvalue weighted by molar-refractivity contribution is 0.442. The summed E-state index contributed by atoms with van der Waals surface area (Å²) in [4.78, 5) is 4.44. The number of benzene rings is 1. The second kappa shape index (κ2) is 4.64. The van der Waals surface area contributed by atoms with Gasteiger partial charge in [-0.05, 0) is 63.2 Å². The number of halogens is 2.